The maximum Gasteiger partial charge on any atom is 0.241 e. The molecule has 1 atom stereocenters. The highest BCUT2D eigenvalue weighted by atomic mass is 35.5. The number of amides is 2. The minimum Gasteiger partial charge on any atom is -0.358 e. The van der Waals surface area contributed by atoms with Crippen LogP contribution in [-0.2, 0) is 9.59 Å². The molecule has 0 aromatic heterocycles. The van der Waals surface area contributed by atoms with E-state index in [1.807, 2.05) is 0 Å². The molecule has 1 aromatic carbocycles. The Kier molecular flexibility index (Phi) is 6.08. The molecule has 3 N–H and O–H groups in total. The van der Waals surface area contributed by atoms with E-state index in [9.17, 15) is 9.59 Å². The van der Waals surface area contributed by atoms with E-state index in [1.54, 1.807) is 25.1 Å². The number of carbonyl (C=O) groups is 2. The average Bonchev–Trinajstić information content (AvgIpc) is 2.33. The Bertz CT molecular complexity index is 460. The van der Waals surface area contributed by atoms with Crippen LogP contribution in [0.25, 0.3) is 0 Å². The zero-order valence-electron chi connectivity index (χ0n) is 10.6. The third-order valence-corrected chi connectivity index (χ3v) is 2.81. The first kappa shape index (κ1) is 15.8. The Hall–Kier alpha value is -1.30. The van der Waals surface area contributed by atoms with Gasteiger partial charge in [-0.2, -0.15) is 0 Å². The van der Waals surface area contributed by atoms with Crippen molar-refractivity contribution in [2.45, 2.75) is 13.0 Å². The van der Waals surface area contributed by atoms with Gasteiger partial charge in [0, 0.05) is 22.8 Å². The molecule has 1 aromatic rings. The van der Waals surface area contributed by atoms with Gasteiger partial charge >= 0.3 is 0 Å². The van der Waals surface area contributed by atoms with Gasteiger partial charge in [-0.1, -0.05) is 23.2 Å². The number of nitrogens with one attached hydrogen (secondary N) is 3. The Morgan fingerprint density at radius 3 is 2.32 bits per heavy atom. The molecule has 1 rings (SSSR count). The average molecular weight is 304 g/mol. The van der Waals surface area contributed by atoms with Gasteiger partial charge in [0.2, 0.25) is 11.8 Å². The summed E-state index contributed by atoms with van der Waals surface area (Å²) in [6.45, 7) is 1.73. The highest BCUT2D eigenvalue weighted by Crippen LogP contribution is 2.22. The predicted molar refractivity (Wildman–Crippen MR) is 76.6 cm³/mol. The molecule has 0 aliphatic heterocycles. The molecule has 7 heteroatoms. The number of rotatable bonds is 5. The number of likely N-dealkylation sites (N-methyl/N-ethyl adjacent to an activating group) is 1. The summed E-state index contributed by atoms with van der Waals surface area (Å²) in [6.07, 6.45) is 0. The lowest BCUT2D eigenvalue weighted by Crippen LogP contribution is -2.42. The number of halogens is 2. The van der Waals surface area contributed by atoms with Gasteiger partial charge in [-0.15, -0.1) is 0 Å². The SMILES string of the molecule is CNC(=O)CN[C@@H](C)C(=O)Nc1cc(Cl)cc(Cl)c1. The summed E-state index contributed by atoms with van der Waals surface area (Å²) >= 11 is 11.7. The van der Waals surface area contributed by atoms with E-state index < -0.39 is 6.04 Å². The maximum atomic E-state index is 11.8. The van der Waals surface area contributed by atoms with Gasteiger partial charge in [-0.05, 0) is 25.1 Å². The lowest BCUT2D eigenvalue weighted by atomic mass is 10.2. The predicted octanol–water partition coefficient (Wildman–Crippen LogP) is 1.66. The molecular formula is C12H15Cl2N3O2. The number of carbonyl (C=O) groups excluding carboxylic acids is 2. The van der Waals surface area contributed by atoms with Crippen LogP contribution in [0.5, 0.6) is 0 Å². The molecule has 0 radical (unpaired) electrons. The van der Waals surface area contributed by atoms with Crippen molar-refractivity contribution in [1.29, 1.82) is 0 Å². The van der Waals surface area contributed by atoms with Crippen molar-refractivity contribution < 1.29 is 9.59 Å². The standard InChI is InChI=1S/C12H15Cl2N3O2/c1-7(16-6-11(18)15-2)12(19)17-10-4-8(13)3-9(14)5-10/h3-5,7,16H,6H2,1-2H3,(H,15,18)(H,17,19)/t7-/m0/s1. The number of hydrogen-bond donors (Lipinski definition) is 3. The molecule has 0 spiro atoms. The molecule has 0 saturated carbocycles. The lowest BCUT2D eigenvalue weighted by molar-refractivity contribution is -0.120. The van der Waals surface area contributed by atoms with Crippen LogP contribution in [0.4, 0.5) is 5.69 Å². The van der Waals surface area contributed by atoms with Crippen molar-refractivity contribution in [1.82, 2.24) is 10.6 Å². The molecule has 2 amide bonds. The normalized spacial score (nSPS) is 11.8. The van der Waals surface area contributed by atoms with Crippen molar-refractivity contribution in [3.8, 4) is 0 Å². The number of anilines is 1. The van der Waals surface area contributed by atoms with Crippen molar-refractivity contribution in [2.75, 3.05) is 18.9 Å². The van der Waals surface area contributed by atoms with Gasteiger partial charge < -0.3 is 10.6 Å². The summed E-state index contributed by atoms with van der Waals surface area (Å²) < 4.78 is 0. The van der Waals surface area contributed by atoms with Gasteiger partial charge in [0.25, 0.3) is 0 Å². The molecule has 5 nitrogen and oxygen atoms in total. The third kappa shape index (κ3) is 5.46. The quantitative estimate of drug-likeness (QED) is 0.775. The minimum atomic E-state index is -0.518. The second-order valence-corrected chi connectivity index (χ2v) is 4.80. The van der Waals surface area contributed by atoms with Gasteiger partial charge in [0.15, 0.2) is 0 Å². The molecule has 0 aliphatic carbocycles. The van der Waals surface area contributed by atoms with Crippen molar-refractivity contribution in [2.24, 2.45) is 0 Å². The Balaban J connectivity index is 2.56. The van der Waals surface area contributed by atoms with Crippen LogP contribution >= 0.6 is 23.2 Å². The van der Waals surface area contributed by atoms with E-state index in [0.717, 1.165) is 0 Å². The van der Waals surface area contributed by atoms with Gasteiger partial charge in [0.1, 0.15) is 0 Å². The molecule has 0 bridgehead atoms. The van der Waals surface area contributed by atoms with Crippen LogP contribution in [-0.4, -0.2) is 31.4 Å². The first-order valence-electron chi connectivity index (χ1n) is 5.63. The Morgan fingerprint density at radius 2 is 1.79 bits per heavy atom. The molecule has 0 saturated heterocycles. The van der Waals surface area contributed by atoms with E-state index in [4.69, 9.17) is 23.2 Å². The van der Waals surface area contributed by atoms with E-state index in [-0.39, 0.29) is 18.4 Å². The van der Waals surface area contributed by atoms with Gasteiger partial charge in [-0.25, -0.2) is 0 Å². The highest BCUT2D eigenvalue weighted by Gasteiger charge is 2.13. The summed E-state index contributed by atoms with van der Waals surface area (Å²) in [5, 5.41) is 8.79. The fourth-order valence-electron chi connectivity index (χ4n) is 1.30. The Labute approximate surface area is 121 Å². The van der Waals surface area contributed by atoms with Crippen LogP contribution in [0.1, 0.15) is 6.92 Å². The number of hydrogen-bond acceptors (Lipinski definition) is 3. The summed E-state index contributed by atoms with van der Waals surface area (Å²) in [5.74, 6) is -0.465. The lowest BCUT2D eigenvalue weighted by Gasteiger charge is -2.13. The van der Waals surface area contributed by atoms with E-state index in [2.05, 4.69) is 16.0 Å². The summed E-state index contributed by atoms with van der Waals surface area (Å²) in [4.78, 5) is 22.9. The van der Waals surface area contributed by atoms with Gasteiger partial charge in [-0.3, -0.25) is 14.9 Å². The second-order valence-electron chi connectivity index (χ2n) is 3.92. The number of benzene rings is 1. The Morgan fingerprint density at radius 1 is 1.21 bits per heavy atom. The van der Waals surface area contributed by atoms with Crippen LogP contribution in [0.2, 0.25) is 10.0 Å². The summed E-state index contributed by atoms with van der Waals surface area (Å²) in [7, 11) is 1.53. The summed E-state index contributed by atoms with van der Waals surface area (Å²) in [5.41, 5.74) is 0.510. The minimum absolute atomic E-state index is 0.0708. The van der Waals surface area contributed by atoms with Crippen LogP contribution < -0.4 is 16.0 Å². The molecule has 19 heavy (non-hydrogen) atoms. The fourth-order valence-corrected chi connectivity index (χ4v) is 1.83. The van der Waals surface area contributed by atoms with Crippen molar-refractivity contribution in [3.63, 3.8) is 0 Å². The largest absolute Gasteiger partial charge is 0.358 e. The van der Waals surface area contributed by atoms with Crippen LogP contribution in [0.15, 0.2) is 18.2 Å². The zero-order chi connectivity index (χ0) is 14.4. The molecule has 0 heterocycles. The second kappa shape index (κ2) is 7.33. The van der Waals surface area contributed by atoms with Crippen molar-refractivity contribution in [3.05, 3.63) is 28.2 Å². The third-order valence-electron chi connectivity index (χ3n) is 2.37. The first-order chi connectivity index (χ1) is 8.92. The zero-order valence-corrected chi connectivity index (χ0v) is 12.1. The first-order valence-corrected chi connectivity index (χ1v) is 6.39. The van der Waals surface area contributed by atoms with E-state index in [1.165, 1.54) is 7.05 Å². The molecule has 104 valence electrons. The molecule has 0 fully saturated rings. The van der Waals surface area contributed by atoms with Gasteiger partial charge in [0.05, 0.1) is 12.6 Å². The molecular weight excluding hydrogens is 289 g/mol. The fraction of sp³-hybridized carbons (Fsp3) is 0.333. The monoisotopic (exact) mass is 303 g/mol. The topological polar surface area (TPSA) is 70.2 Å². The van der Waals surface area contributed by atoms with Crippen molar-refractivity contribution >= 4 is 40.7 Å². The molecule has 0 aliphatic rings. The highest BCUT2D eigenvalue weighted by molar-refractivity contribution is 6.35. The summed E-state index contributed by atoms with van der Waals surface area (Å²) in [6, 6.07) is 4.25. The van der Waals surface area contributed by atoms with E-state index in [0.29, 0.717) is 15.7 Å². The van der Waals surface area contributed by atoms with Crippen LogP contribution in [0.3, 0.4) is 0 Å². The molecule has 0 unspecified atom stereocenters. The van der Waals surface area contributed by atoms with E-state index >= 15 is 0 Å². The van der Waals surface area contributed by atoms with Crippen LogP contribution in [0, 0.1) is 0 Å². The maximum absolute atomic E-state index is 11.8. The smallest absolute Gasteiger partial charge is 0.241 e.